The zero-order valence-electron chi connectivity index (χ0n) is 10.5. The van der Waals surface area contributed by atoms with Crippen molar-refractivity contribution in [1.82, 2.24) is 4.90 Å². The average Bonchev–Trinajstić information content (AvgIpc) is 2.14. The lowest BCUT2D eigenvalue weighted by atomic mass is 10.1. The molecular weight excluding hydrogens is 218 g/mol. The fourth-order valence-electron chi connectivity index (χ4n) is 1.83. The summed E-state index contributed by atoms with van der Waals surface area (Å²) < 4.78 is 0. The van der Waals surface area contributed by atoms with Crippen molar-refractivity contribution in [1.29, 1.82) is 0 Å². The zero-order chi connectivity index (χ0) is 13.1. The van der Waals surface area contributed by atoms with Crippen LogP contribution in [0.3, 0.4) is 0 Å². The first-order valence-electron chi connectivity index (χ1n) is 5.51. The molecular formula is C13H19NO3. The molecule has 0 unspecified atom stereocenters. The Morgan fingerprint density at radius 2 is 2.06 bits per heavy atom. The molecule has 1 aromatic rings. The van der Waals surface area contributed by atoms with Gasteiger partial charge in [-0.2, -0.15) is 0 Å². The van der Waals surface area contributed by atoms with Gasteiger partial charge in [-0.05, 0) is 38.6 Å². The van der Waals surface area contributed by atoms with E-state index in [2.05, 4.69) is 0 Å². The van der Waals surface area contributed by atoms with Gasteiger partial charge in [0.25, 0.3) is 0 Å². The molecule has 4 nitrogen and oxygen atoms in total. The number of aliphatic hydroxyl groups is 1. The first-order chi connectivity index (χ1) is 7.78. The van der Waals surface area contributed by atoms with Gasteiger partial charge in [0.2, 0.25) is 0 Å². The van der Waals surface area contributed by atoms with E-state index < -0.39 is 11.6 Å². The molecule has 0 amide bonds. The minimum atomic E-state index is -0.919. The van der Waals surface area contributed by atoms with Crippen LogP contribution in [0.4, 0.5) is 0 Å². The van der Waals surface area contributed by atoms with Crippen LogP contribution in [0.5, 0.6) is 0 Å². The Hall–Kier alpha value is -1.39. The largest absolute Gasteiger partial charge is 0.478 e. The summed E-state index contributed by atoms with van der Waals surface area (Å²) in [7, 11) is 1.89. The van der Waals surface area contributed by atoms with Crippen LogP contribution in [0, 0.1) is 0 Å². The molecule has 0 bridgehead atoms. The fraction of sp³-hybridized carbons (Fsp3) is 0.462. The van der Waals surface area contributed by atoms with E-state index in [0.29, 0.717) is 18.7 Å². The van der Waals surface area contributed by atoms with Crippen LogP contribution >= 0.6 is 0 Å². The summed E-state index contributed by atoms with van der Waals surface area (Å²) in [6, 6.07) is 6.84. The van der Waals surface area contributed by atoms with Crippen LogP contribution in [0.2, 0.25) is 0 Å². The number of hydrogen-bond acceptors (Lipinski definition) is 3. The summed E-state index contributed by atoms with van der Waals surface area (Å²) in [6.45, 7) is 4.64. The van der Waals surface area contributed by atoms with Crippen LogP contribution in [0.25, 0.3) is 0 Å². The molecule has 0 aliphatic carbocycles. The Labute approximate surface area is 101 Å². The highest BCUT2D eigenvalue weighted by Crippen LogP contribution is 2.10. The molecule has 0 aliphatic heterocycles. The minimum Gasteiger partial charge on any atom is -0.478 e. The SMILES string of the molecule is CN(Cc1cccc(C(=O)O)c1)CC(C)(C)O. The van der Waals surface area contributed by atoms with Gasteiger partial charge in [-0.1, -0.05) is 12.1 Å². The van der Waals surface area contributed by atoms with Crippen LogP contribution in [0.1, 0.15) is 29.8 Å². The lowest BCUT2D eigenvalue weighted by molar-refractivity contribution is 0.0424. The maximum Gasteiger partial charge on any atom is 0.335 e. The molecule has 0 saturated carbocycles. The maximum atomic E-state index is 10.8. The summed E-state index contributed by atoms with van der Waals surface area (Å²) in [5.74, 6) is -0.919. The molecule has 0 fully saturated rings. The molecule has 1 rings (SSSR count). The Morgan fingerprint density at radius 1 is 1.41 bits per heavy atom. The molecule has 0 aliphatic rings. The van der Waals surface area contributed by atoms with Crippen molar-refractivity contribution in [3.05, 3.63) is 35.4 Å². The Morgan fingerprint density at radius 3 is 2.59 bits per heavy atom. The Kier molecular flexibility index (Phi) is 4.26. The Balaban J connectivity index is 2.68. The van der Waals surface area contributed by atoms with Gasteiger partial charge in [0.1, 0.15) is 0 Å². The fourth-order valence-corrected chi connectivity index (χ4v) is 1.83. The number of carboxylic acid groups (broad SMARTS) is 1. The van der Waals surface area contributed by atoms with Crippen molar-refractivity contribution in [3.63, 3.8) is 0 Å². The Bertz CT molecular complexity index is 396. The van der Waals surface area contributed by atoms with Gasteiger partial charge in [-0.25, -0.2) is 4.79 Å². The summed E-state index contributed by atoms with van der Waals surface area (Å²) >= 11 is 0. The highest BCUT2D eigenvalue weighted by atomic mass is 16.4. The van der Waals surface area contributed by atoms with E-state index in [1.165, 1.54) is 0 Å². The van der Waals surface area contributed by atoms with Crippen molar-refractivity contribution in [2.45, 2.75) is 26.0 Å². The topological polar surface area (TPSA) is 60.8 Å². The number of carboxylic acids is 1. The molecule has 0 heterocycles. The van der Waals surface area contributed by atoms with Crippen molar-refractivity contribution in [2.75, 3.05) is 13.6 Å². The van der Waals surface area contributed by atoms with Crippen LogP contribution < -0.4 is 0 Å². The second-order valence-corrected chi connectivity index (χ2v) is 4.99. The van der Waals surface area contributed by atoms with Gasteiger partial charge < -0.3 is 10.2 Å². The van der Waals surface area contributed by atoms with Crippen molar-refractivity contribution in [3.8, 4) is 0 Å². The number of likely N-dealkylation sites (N-methyl/N-ethyl adjacent to an activating group) is 1. The monoisotopic (exact) mass is 237 g/mol. The van der Waals surface area contributed by atoms with E-state index in [1.807, 2.05) is 18.0 Å². The third-order valence-electron chi connectivity index (χ3n) is 2.28. The molecule has 0 radical (unpaired) electrons. The predicted octanol–water partition coefficient (Wildman–Crippen LogP) is 1.59. The quantitative estimate of drug-likeness (QED) is 0.816. The van der Waals surface area contributed by atoms with Crippen LogP contribution in [0.15, 0.2) is 24.3 Å². The smallest absolute Gasteiger partial charge is 0.335 e. The van der Waals surface area contributed by atoms with Crippen molar-refractivity contribution >= 4 is 5.97 Å². The van der Waals surface area contributed by atoms with Gasteiger partial charge in [-0.3, -0.25) is 4.90 Å². The van der Waals surface area contributed by atoms with E-state index >= 15 is 0 Å². The second kappa shape index (κ2) is 5.29. The van der Waals surface area contributed by atoms with E-state index in [9.17, 15) is 9.90 Å². The summed E-state index contributed by atoms with van der Waals surface area (Å²) in [5.41, 5.74) is 0.468. The van der Waals surface area contributed by atoms with E-state index in [0.717, 1.165) is 5.56 Å². The molecule has 94 valence electrons. The number of aromatic carboxylic acids is 1. The number of nitrogens with zero attached hydrogens (tertiary/aromatic N) is 1. The molecule has 0 atom stereocenters. The first-order valence-corrected chi connectivity index (χ1v) is 5.51. The maximum absolute atomic E-state index is 10.8. The minimum absolute atomic E-state index is 0.291. The molecule has 0 spiro atoms. The summed E-state index contributed by atoms with van der Waals surface area (Å²) in [5, 5.41) is 18.5. The third-order valence-corrected chi connectivity index (χ3v) is 2.28. The predicted molar refractivity (Wildman–Crippen MR) is 66.0 cm³/mol. The van der Waals surface area contributed by atoms with Gasteiger partial charge in [-0.15, -0.1) is 0 Å². The van der Waals surface area contributed by atoms with Gasteiger partial charge in [0.15, 0.2) is 0 Å². The third kappa shape index (κ3) is 4.97. The van der Waals surface area contributed by atoms with Gasteiger partial charge in [0.05, 0.1) is 11.2 Å². The van der Waals surface area contributed by atoms with Crippen LogP contribution in [-0.4, -0.2) is 40.3 Å². The number of rotatable bonds is 5. The molecule has 4 heteroatoms. The van der Waals surface area contributed by atoms with Gasteiger partial charge in [0, 0.05) is 13.1 Å². The van der Waals surface area contributed by atoms with Crippen molar-refractivity contribution in [2.24, 2.45) is 0 Å². The van der Waals surface area contributed by atoms with Crippen molar-refractivity contribution < 1.29 is 15.0 Å². The molecule has 1 aromatic carbocycles. The van der Waals surface area contributed by atoms with E-state index in [-0.39, 0.29) is 0 Å². The highest BCUT2D eigenvalue weighted by molar-refractivity contribution is 5.87. The van der Waals surface area contributed by atoms with Crippen LogP contribution in [-0.2, 0) is 6.54 Å². The molecule has 2 N–H and O–H groups in total. The first kappa shape index (κ1) is 13.7. The number of carbonyl (C=O) groups is 1. The number of hydrogen-bond donors (Lipinski definition) is 2. The lowest BCUT2D eigenvalue weighted by Gasteiger charge is -2.25. The normalized spacial score (nSPS) is 11.8. The second-order valence-electron chi connectivity index (χ2n) is 4.99. The van der Waals surface area contributed by atoms with E-state index in [4.69, 9.17) is 5.11 Å². The molecule has 0 aromatic heterocycles. The molecule has 17 heavy (non-hydrogen) atoms. The summed E-state index contributed by atoms with van der Waals surface area (Å²) in [4.78, 5) is 12.8. The van der Waals surface area contributed by atoms with Gasteiger partial charge >= 0.3 is 5.97 Å². The zero-order valence-corrected chi connectivity index (χ0v) is 10.5. The average molecular weight is 237 g/mol. The number of benzene rings is 1. The summed E-state index contributed by atoms with van der Waals surface area (Å²) in [6.07, 6.45) is 0. The highest BCUT2D eigenvalue weighted by Gasteiger charge is 2.15. The standard InChI is InChI=1S/C13H19NO3/c1-13(2,17)9-14(3)8-10-5-4-6-11(7-10)12(15)16/h4-7,17H,8-9H2,1-3H3,(H,15,16). The molecule has 0 saturated heterocycles. The van der Waals surface area contributed by atoms with E-state index in [1.54, 1.807) is 32.0 Å². The lowest BCUT2D eigenvalue weighted by Crippen LogP contribution is -2.35.